The highest BCUT2D eigenvalue weighted by Gasteiger charge is 2.24. The number of nitrogens with zero attached hydrogens (tertiary/aromatic N) is 2. The van der Waals surface area contributed by atoms with Gasteiger partial charge in [-0.1, -0.05) is 15.9 Å². The number of carbonyl (C=O) groups excluding carboxylic acids is 1. The van der Waals surface area contributed by atoms with Crippen molar-refractivity contribution in [3.05, 3.63) is 57.2 Å². The lowest BCUT2D eigenvalue weighted by Gasteiger charge is -2.08. The van der Waals surface area contributed by atoms with E-state index >= 15 is 0 Å². The lowest BCUT2D eigenvalue weighted by atomic mass is 10.3. The van der Waals surface area contributed by atoms with Crippen molar-refractivity contribution < 1.29 is 4.79 Å². The van der Waals surface area contributed by atoms with Crippen LogP contribution in [0.1, 0.15) is 31.1 Å². The molecular formula is C18H18BrN3OS. The first-order valence-electron chi connectivity index (χ1n) is 7.66. The highest BCUT2D eigenvalue weighted by Crippen LogP contribution is 2.29. The predicted octanol–water partition coefficient (Wildman–Crippen LogP) is 5.03. The molecule has 1 aliphatic rings. The van der Waals surface area contributed by atoms with Gasteiger partial charge in [0, 0.05) is 22.4 Å². The lowest BCUT2D eigenvalue weighted by molar-refractivity contribution is -0.115. The second-order valence-electron chi connectivity index (χ2n) is 5.87. The summed E-state index contributed by atoms with van der Waals surface area (Å²) in [4.78, 5) is 17.3. The van der Waals surface area contributed by atoms with Gasteiger partial charge in [0.25, 0.3) is 5.91 Å². The Labute approximate surface area is 154 Å². The number of halogens is 1. The predicted molar refractivity (Wildman–Crippen MR) is 105 cm³/mol. The van der Waals surface area contributed by atoms with Gasteiger partial charge in [0.2, 0.25) is 0 Å². The van der Waals surface area contributed by atoms with E-state index in [-0.39, 0.29) is 5.91 Å². The standard InChI is InChI=1S/C18H18BrN3OS/c1-11(2)22-10-13(8-12(22)3)9-16-17(23)21-18(24-16)20-15-6-4-14(19)5-7-15/h4-11H,1-3H3,(H,20,21,23)/b16-9+. The average Bonchev–Trinajstić information content (AvgIpc) is 3.05. The highest BCUT2D eigenvalue weighted by molar-refractivity contribution is 9.10. The summed E-state index contributed by atoms with van der Waals surface area (Å²) in [6.45, 7) is 6.36. The number of amidine groups is 1. The Morgan fingerprint density at radius 3 is 2.62 bits per heavy atom. The number of rotatable bonds is 3. The molecule has 24 heavy (non-hydrogen) atoms. The summed E-state index contributed by atoms with van der Waals surface area (Å²) in [5, 5.41) is 3.42. The van der Waals surface area contributed by atoms with Gasteiger partial charge in [-0.3, -0.25) is 4.79 Å². The van der Waals surface area contributed by atoms with E-state index in [2.05, 4.69) is 63.8 Å². The van der Waals surface area contributed by atoms with Gasteiger partial charge < -0.3 is 9.88 Å². The molecule has 0 saturated carbocycles. The number of aliphatic imine (C=N–C) groups is 1. The zero-order valence-corrected chi connectivity index (χ0v) is 16.1. The van der Waals surface area contributed by atoms with E-state index in [9.17, 15) is 4.79 Å². The lowest BCUT2D eigenvalue weighted by Crippen LogP contribution is -2.19. The van der Waals surface area contributed by atoms with Crippen molar-refractivity contribution in [3.8, 4) is 0 Å². The van der Waals surface area contributed by atoms with Crippen LogP contribution < -0.4 is 5.32 Å². The molecule has 1 amide bonds. The summed E-state index contributed by atoms with van der Waals surface area (Å²) in [6.07, 6.45) is 3.99. The maximum absolute atomic E-state index is 12.2. The smallest absolute Gasteiger partial charge is 0.264 e. The average molecular weight is 404 g/mol. The van der Waals surface area contributed by atoms with Crippen LogP contribution in [0, 0.1) is 6.92 Å². The number of thioether (sulfide) groups is 1. The number of nitrogens with one attached hydrogen (secondary N) is 1. The summed E-state index contributed by atoms with van der Waals surface area (Å²) < 4.78 is 3.20. The molecule has 1 aromatic heterocycles. The number of carbonyl (C=O) groups is 1. The van der Waals surface area contributed by atoms with Crippen LogP contribution in [0.3, 0.4) is 0 Å². The molecule has 0 spiro atoms. The Balaban J connectivity index is 1.82. The molecule has 6 heteroatoms. The first-order chi connectivity index (χ1) is 11.4. The summed E-state index contributed by atoms with van der Waals surface area (Å²) in [5.74, 6) is -0.106. The van der Waals surface area contributed by atoms with Gasteiger partial charge >= 0.3 is 0 Å². The van der Waals surface area contributed by atoms with E-state index in [1.54, 1.807) is 0 Å². The fraction of sp³-hybridized carbons (Fsp3) is 0.222. The molecule has 2 aromatic rings. The summed E-state index contributed by atoms with van der Waals surface area (Å²) in [5.41, 5.74) is 3.02. The Morgan fingerprint density at radius 1 is 1.29 bits per heavy atom. The third-order valence-corrected chi connectivity index (χ3v) is 5.07. The molecule has 0 radical (unpaired) electrons. The molecule has 1 N–H and O–H groups in total. The number of aryl methyl sites for hydroxylation is 1. The van der Waals surface area contributed by atoms with Gasteiger partial charge in [-0.25, -0.2) is 4.99 Å². The second kappa shape index (κ2) is 6.99. The fourth-order valence-electron chi connectivity index (χ4n) is 2.52. The van der Waals surface area contributed by atoms with Gasteiger partial charge in [-0.05, 0) is 74.5 Å². The number of benzene rings is 1. The Kier molecular flexibility index (Phi) is 4.96. The molecule has 1 aromatic carbocycles. The number of hydrogen-bond acceptors (Lipinski definition) is 3. The normalized spacial score (nSPS) is 18.0. The second-order valence-corrected chi connectivity index (χ2v) is 7.82. The molecule has 3 rings (SSSR count). The minimum atomic E-state index is -0.106. The van der Waals surface area contributed by atoms with E-state index in [4.69, 9.17) is 0 Å². The molecule has 1 aliphatic heterocycles. The maximum Gasteiger partial charge on any atom is 0.264 e. The van der Waals surface area contributed by atoms with Crippen molar-refractivity contribution in [2.24, 2.45) is 4.99 Å². The van der Waals surface area contributed by atoms with Gasteiger partial charge in [-0.15, -0.1) is 0 Å². The molecule has 0 unspecified atom stereocenters. The Bertz CT molecular complexity index is 834. The zero-order chi connectivity index (χ0) is 17.3. The van der Waals surface area contributed by atoms with Crippen molar-refractivity contribution in [2.45, 2.75) is 26.8 Å². The molecule has 1 fully saturated rings. The minimum Gasteiger partial charge on any atom is -0.349 e. The first kappa shape index (κ1) is 17.0. The van der Waals surface area contributed by atoms with E-state index in [0.717, 1.165) is 15.7 Å². The molecule has 0 bridgehead atoms. The Hall–Kier alpha value is -1.79. The highest BCUT2D eigenvalue weighted by atomic mass is 79.9. The third kappa shape index (κ3) is 3.82. The molecule has 1 saturated heterocycles. The van der Waals surface area contributed by atoms with Gasteiger partial charge in [0.05, 0.1) is 10.6 Å². The van der Waals surface area contributed by atoms with Crippen molar-refractivity contribution >= 4 is 50.5 Å². The van der Waals surface area contributed by atoms with Gasteiger partial charge in [0.1, 0.15) is 0 Å². The van der Waals surface area contributed by atoms with Crippen LogP contribution in [-0.2, 0) is 4.79 Å². The zero-order valence-electron chi connectivity index (χ0n) is 13.7. The van der Waals surface area contributed by atoms with Crippen molar-refractivity contribution in [3.63, 3.8) is 0 Å². The van der Waals surface area contributed by atoms with Gasteiger partial charge in [0.15, 0.2) is 5.17 Å². The number of amides is 1. The van der Waals surface area contributed by atoms with Crippen LogP contribution in [-0.4, -0.2) is 15.6 Å². The van der Waals surface area contributed by atoms with E-state index in [1.165, 1.54) is 17.5 Å². The summed E-state index contributed by atoms with van der Waals surface area (Å²) >= 11 is 4.76. The third-order valence-electron chi connectivity index (χ3n) is 3.63. The van der Waals surface area contributed by atoms with Crippen LogP contribution in [0.2, 0.25) is 0 Å². The van der Waals surface area contributed by atoms with Crippen LogP contribution in [0.5, 0.6) is 0 Å². The molecule has 0 aliphatic carbocycles. The Morgan fingerprint density at radius 2 is 2.00 bits per heavy atom. The number of hydrogen-bond donors (Lipinski definition) is 1. The van der Waals surface area contributed by atoms with Crippen LogP contribution in [0.25, 0.3) is 6.08 Å². The summed E-state index contributed by atoms with van der Waals surface area (Å²) in [6, 6.07) is 10.1. The fourth-order valence-corrected chi connectivity index (χ4v) is 3.62. The maximum atomic E-state index is 12.2. The largest absolute Gasteiger partial charge is 0.349 e. The SMILES string of the molecule is Cc1cc(/C=C2/SC(=Nc3ccc(Br)cc3)NC2=O)cn1C(C)C. The minimum absolute atomic E-state index is 0.106. The molecular weight excluding hydrogens is 386 g/mol. The van der Waals surface area contributed by atoms with E-state index in [1.807, 2.05) is 30.3 Å². The van der Waals surface area contributed by atoms with Gasteiger partial charge in [-0.2, -0.15) is 0 Å². The van der Waals surface area contributed by atoms with Crippen molar-refractivity contribution in [1.29, 1.82) is 0 Å². The van der Waals surface area contributed by atoms with Crippen LogP contribution in [0.4, 0.5) is 5.69 Å². The number of aromatic nitrogens is 1. The summed E-state index contributed by atoms with van der Waals surface area (Å²) in [7, 11) is 0. The molecule has 0 atom stereocenters. The molecule has 4 nitrogen and oxygen atoms in total. The molecule has 2 heterocycles. The van der Waals surface area contributed by atoms with Crippen LogP contribution >= 0.6 is 27.7 Å². The monoisotopic (exact) mass is 403 g/mol. The van der Waals surface area contributed by atoms with E-state index in [0.29, 0.717) is 16.1 Å². The van der Waals surface area contributed by atoms with E-state index < -0.39 is 0 Å². The first-order valence-corrected chi connectivity index (χ1v) is 9.27. The molecule has 124 valence electrons. The van der Waals surface area contributed by atoms with Crippen molar-refractivity contribution in [2.75, 3.05) is 0 Å². The van der Waals surface area contributed by atoms with Crippen LogP contribution in [0.15, 0.2) is 50.9 Å². The topological polar surface area (TPSA) is 46.4 Å². The van der Waals surface area contributed by atoms with Crippen molar-refractivity contribution in [1.82, 2.24) is 9.88 Å². The quantitative estimate of drug-likeness (QED) is 0.730.